The van der Waals surface area contributed by atoms with Crippen molar-refractivity contribution >= 4 is 170 Å². The van der Waals surface area contributed by atoms with E-state index in [1.54, 1.807) is 60.9 Å². The number of nitriles is 1. The van der Waals surface area contributed by atoms with Crippen molar-refractivity contribution in [1.82, 2.24) is 0 Å². The van der Waals surface area contributed by atoms with E-state index in [1.807, 2.05) is 112 Å². The highest BCUT2D eigenvalue weighted by atomic mass is 32.2. The molecule has 26 heteroatoms. The van der Waals surface area contributed by atoms with E-state index in [2.05, 4.69) is 42.0 Å². The number of carboxylic acid groups (broad SMARTS) is 1. The number of ketones is 10. The third kappa shape index (κ3) is 45.5. The fourth-order valence-corrected chi connectivity index (χ4v) is 21.4. The average Bonchev–Trinajstić information content (AvgIpc) is 0.889. The number of nitrogens with zero attached hydrogens (tertiary/aromatic N) is 1. The first-order valence-electron chi connectivity index (χ1n) is 43.2. The van der Waals surface area contributed by atoms with Crippen LogP contribution in [0.25, 0.3) is 0 Å². The van der Waals surface area contributed by atoms with Gasteiger partial charge in [-0.2, -0.15) is 5.26 Å². The average molecular weight is 1850 g/mol. The van der Waals surface area contributed by atoms with E-state index in [0.29, 0.717) is 97.7 Å². The number of esters is 2. The molecular weight excluding hydrogens is 1710 g/mol. The molecular formula is C97H137NO17S8. The van der Waals surface area contributed by atoms with Gasteiger partial charge in [0.1, 0.15) is 0 Å². The van der Waals surface area contributed by atoms with Crippen LogP contribution in [-0.4, -0.2) is 147 Å². The molecule has 0 bridgehead atoms. The lowest BCUT2D eigenvalue weighted by atomic mass is 9.93. The summed E-state index contributed by atoms with van der Waals surface area (Å²) in [5.41, 5.74) is 13.2. The summed E-state index contributed by atoms with van der Waals surface area (Å²) in [5, 5.41) is 25.5. The van der Waals surface area contributed by atoms with Gasteiger partial charge in [-0.15, -0.1) is 94.1 Å². The molecule has 18 nitrogen and oxygen atoms in total. The van der Waals surface area contributed by atoms with Gasteiger partial charge < -0.3 is 19.7 Å². The second-order valence-electron chi connectivity index (χ2n) is 30.7. The normalized spacial score (nSPS) is 18.2. The second-order valence-corrected chi connectivity index (χ2v) is 39.7. The van der Waals surface area contributed by atoms with Crippen molar-refractivity contribution in [1.29, 1.82) is 5.26 Å². The first-order valence-corrected chi connectivity index (χ1v) is 51.4. The van der Waals surface area contributed by atoms with Crippen molar-refractivity contribution in [3.05, 3.63) is 142 Å². The van der Waals surface area contributed by atoms with Crippen LogP contribution < -0.4 is 0 Å². The van der Waals surface area contributed by atoms with Crippen LogP contribution >= 0.6 is 94.1 Å². The zero-order chi connectivity index (χ0) is 91.9. The minimum atomic E-state index is -0.830. The number of thioether (sulfide) groups is 8. The number of aliphatic carboxylic acids is 1. The molecule has 0 atom stereocenters. The van der Waals surface area contributed by atoms with Gasteiger partial charge in [-0.25, -0.2) is 0 Å². The summed E-state index contributed by atoms with van der Waals surface area (Å²) >= 11 is 13.0. The maximum atomic E-state index is 11.5. The number of Topliss-reactive ketones (excluding diaryl/α,β-unsaturated/α-hetero) is 10. The van der Waals surface area contributed by atoms with Crippen molar-refractivity contribution in [2.75, 3.05) is 61.1 Å². The fraction of sp³-hybridized carbons (Fsp3) is 0.588. The van der Waals surface area contributed by atoms with E-state index >= 15 is 0 Å². The summed E-state index contributed by atoms with van der Waals surface area (Å²) in [6.07, 6.45) is 30.4. The molecule has 10 aliphatic rings. The molecule has 0 saturated heterocycles. The molecule has 0 unspecified atom stereocenters. The Bertz CT molecular complexity index is 4150. The lowest BCUT2D eigenvalue weighted by Gasteiger charge is -2.16. The summed E-state index contributed by atoms with van der Waals surface area (Å²) in [4.78, 5) is 154. The van der Waals surface area contributed by atoms with E-state index in [1.165, 1.54) is 71.9 Å². The number of aliphatic hydroxyl groups excluding tert-OH is 1. The number of hydrogen-bond acceptors (Lipinski definition) is 25. The van der Waals surface area contributed by atoms with E-state index in [-0.39, 0.29) is 53.2 Å². The molecule has 0 fully saturated rings. The van der Waals surface area contributed by atoms with Crippen LogP contribution in [0.1, 0.15) is 308 Å². The number of rotatable bonds is 23. The Hall–Kier alpha value is -6.02. The van der Waals surface area contributed by atoms with Crippen molar-refractivity contribution in [3.63, 3.8) is 0 Å². The van der Waals surface area contributed by atoms with Crippen molar-refractivity contribution in [3.8, 4) is 6.07 Å². The van der Waals surface area contributed by atoms with Crippen LogP contribution in [0.15, 0.2) is 136 Å². The SMILES string of the molecule is CC1=C(C)C(=O)CCC1.CC1=C(C)C(=O)CCC1.CC1=C(SCC(=O)O)CCCC1=O.CC1=C(SCCC#N)CCCC1=O.CC1=C(SCCO)CCCC1=O.CC1=C(SCc2ccccc2)CCCC1=O.CCOC(=O)CCSC1=C(C)C(=O)CCC1.CCSC1=C(C)C(=O)CCC1.COC(=O)CSC1=C(C)C(=O)CCC1.CSC1=C(C)C(=O)CCC1. The van der Waals surface area contributed by atoms with E-state index in [0.717, 1.165) is 248 Å². The molecule has 0 radical (unpaired) electrons. The van der Waals surface area contributed by atoms with E-state index in [4.69, 9.17) is 20.2 Å². The Morgan fingerprint density at radius 3 is 0.951 bits per heavy atom. The van der Waals surface area contributed by atoms with E-state index in [9.17, 15) is 62.3 Å². The zero-order valence-corrected chi connectivity index (χ0v) is 82.6. The third-order valence-electron chi connectivity index (χ3n) is 21.7. The minimum absolute atomic E-state index is 0.0555. The van der Waals surface area contributed by atoms with Gasteiger partial charge in [0.05, 0.1) is 44.3 Å². The summed E-state index contributed by atoms with van der Waals surface area (Å²) < 4.78 is 9.38. The Morgan fingerprint density at radius 1 is 0.366 bits per heavy atom. The van der Waals surface area contributed by atoms with Crippen molar-refractivity contribution in [2.45, 2.75) is 308 Å². The van der Waals surface area contributed by atoms with Gasteiger partial charge in [0.15, 0.2) is 57.8 Å². The largest absolute Gasteiger partial charge is 0.481 e. The quantitative estimate of drug-likeness (QED) is 0.0759. The Kier molecular flexibility index (Phi) is 60.2. The van der Waals surface area contributed by atoms with Crippen molar-refractivity contribution in [2.24, 2.45) is 0 Å². The minimum Gasteiger partial charge on any atom is -0.481 e. The number of carbonyl (C=O) groups is 13. The Balaban J connectivity index is 0.000000465. The van der Waals surface area contributed by atoms with Gasteiger partial charge in [0, 0.05) is 138 Å². The molecule has 10 aliphatic carbocycles. The zero-order valence-electron chi connectivity index (χ0n) is 76.1. The van der Waals surface area contributed by atoms with E-state index < -0.39 is 5.97 Å². The van der Waals surface area contributed by atoms with Gasteiger partial charge >= 0.3 is 17.9 Å². The van der Waals surface area contributed by atoms with Crippen LogP contribution in [-0.2, 0) is 77.6 Å². The Morgan fingerprint density at radius 2 is 0.659 bits per heavy atom. The molecule has 0 amide bonds. The standard InChI is InChI=1S/C14H16OS.C12H18O3S.C10H13NOS.C10H14O3S.C9H12O3S.C9H14O2S.C9H14OS.C8H12OS.2C8H12O/c1-11-13(15)8-5-9-14(11)16-10-12-6-3-2-4-7-12;1-3-15-12(14)7-8-16-11-6-4-5-10(13)9(11)2;1-8-9(12)4-2-5-10(8)13-7-3-6-11;1-7-8(11)4-3-5-9(7)14-6-10(12)13-2;1-6-7(10)3-2-4-8(6)13-5-9(11)12;1-7-8(11)3-2-4-9(7)12-6-5-10;1-3-11-9-6-4-5-8(10)7(9)2;1-6-7(9)4-3-5-8(6)10-2;2*1-6-4-3-5-8(9)7(6)2/h2-4,6-7H,5,8-10H2,1H3;3-8H2,1-2H3;2-5,7H2,1H3;3-6H2,1-2H3;2-5H2,1H3,(H,11,12);10H,2-6H2,1H3;3-6H2,1-2H3;3-5H2,1-2H3;2*3-5H2,1-2H3. The lowest BCUT2D eigenvalue weighted by molar-refractivity contribution is -0.142. The van der Waals surface area contributed by atoms with Gasteiger partial charge in [-0.05, 0) is 286 Å². The van der Waals surface area contributed by atoms with Crippen LogP contribution in [0.3, 0.4) is 0 Å². The molecule has 2 N–H and O–H groups in total. The molecule has 0 aliphatic heterocycles. The Labute approximate surface area is 768 Å². The predicted octanol–water partition coefficient (Wildman–Crippen LogP) is 24.1. The smallest absolute Gasteiger partial charge is 0.315 e. The molecule has 680 valence electrons. The third-order valence-corrected chi connectivity index (χ3v) is 31.5. The number of methoxy groups -OCH3 is 1. The topological polar surface area (TPSA) is 305 Å². The lowest BCUT2D eigenvalue weighted by Crippen LogP contribution is -2.10. The highest BCUT2D eigenvalue weighted by molar-refractivity contribution is 8.04. The predicted molar refractivity (Wildman–Crippen MR) is 517 cm³/mol. The van der Waals surface area contributed by atoms with Crippen LogP contribution in [0.5, 0.6) is 0 Å². The molecule has 1 aromatic carbocycles. The molecule has 0 saturated carbocycles. The molecule has 123 heavy (non-hydrogen) atoms. The summed E-state index contributed by atoms with van der Waals surface area (Å²) in [6, 6.07) is 12.5. The molecule has 0 spiro atoms. The van der Waals surface area contributed by atoms with Crippen molar-refractivity contribution < 1.29 is 82.0 Å². The molecule has 0 heterocycles. The number of carboxylic acids is 1. The molecule has 1 aromatic rings. The van der Waals surface area contributed by atoms with Gasteiger partial charge in [-0.1, -0.05) is 48.4 Å². The van der Waals surface area contributed by atoms with Crippen LogP contribution in [0.2, 0.25) is 0 Å². The number of benzene rings is 1. The van der Waals surface area contributed by atoms with Crippen LogP contribution in [0, 0.1) is 11.3 Å². The number of ether oxygens (including phenoxy) is 2. The second kappa shape index (κ2) is 65.5. The maximum absolute atomic E-state index is 11.5. The van der Waals surface area contributed by atoms with Gasteiger partial charge in [0.2, 0.25) is 0 Å². The first kappa shape index (κ1) is 113. The number of allylic oxidation sites excluding steroid dienone is 20. The highest BCUT2D eigenvalue weighted by Gasteiger charge is 2.25. The summed E-state index contributed by atoms with van der Waals surface area (Å²) in [5.74, 6) is 6.33. The number of aliphatic hydroxyl groups is 1. The monoisotopic (exact) mass is 1840 g/mol. The molecule has 11 rings (SSSR count). The fourth-order valence-electron chi connectivity index (χ4n) is 13.4. The number of hydrogen-bond donors (Lipinski definition) is 2. The van der Waals surface area contributed by atoms with Gasteiger partial charge in [-0.3, -0.25) is 62.3 Å². The van der Waals surface area contributed by atoms with Gasteiger partial charge in [0.25, 0.3) is 0 Å². The summed E-state index contributed by atoms with van der Waals surface area (Å²) in [6.45, 7) is 27.7. The molecule has 0 aromatic heterocycles. The first-order chi connectivity index (χ1) is 58.6. The highest BCUT2D eigenvalue weighted by Crippen LogP contribution is 2.38. The van der Waals surface area contributed by atoms with Crippen LogP contribution in [0.4, 0.5) is 0 Å². The maximum Gasteiger partial charge on any atom is 0.315 e. The summed E-state index contributed by atoms with van der Waals surface area (Å²) in [7, 11) is 1.37. The number of carbonyl (C=O) groups excluding carboxylic acids is 12.